The topological polar surface area (TPSA) is 75.3 Å². The second-order valence-corrected chi connectivity index (χ2v) is 9.44. The van der Waals surface area contributed by atoms with E-state index in [2.05, 4.69) is 16.1 Å². The van der Waals surface area contributed by atoms with Gasteiger partial charge >= 0.3 is 0 Å². The normalized spacial score (nSPS) is 16.0. The molecule has 0 spiro atoms. The number of sulfonamides is 1. The first-order valence-electron chi connectivity index (χ1n) is 9.70. The molecule has 1 aromatic rings. The number of carbonyl (C=O) groups excluding carboxylic acids is 1. The van der Waals surface area contributed by atoms with Crippen molar-refractivity contribution in [2.24, 2.45) is 0 Å². The fourth-order valence-corrected chi connectivity index (χ4v) is 4.56. The lowest BCUT2D eigenvalue weighted by atomic mass is 9.97. The van der Waals surface area contributed by atoms with Crippen molar-refractivity contribution in [1.82, 2.24) is 10.0 Å². The average Bonchev–Trinajstić information content (AvgIpc) is 2.71. The maximum absolute atomic E-state index is 12.6. The smallest absolute Gasteiger partial charge is 0.238 e. The van der Waals surface area contributed by atoms with Gasteiger partial charge < -0.3 is 5.32 Å². The fourth-order valence-electron chi connectivity index (χ4n) is 3.05. The largest absolute Gasteiger partial charge is 0.354 e. The number of benzene rings is 1. The molecule has 0 saturated heterocycles. The Kier molecular flexibility index (Phi) is 9.81. The molecule has 7 heteroatoms. The first-order valence-corrected chi connectivity index (χ1v) is 12.6. The summed E-state index contributed by atoms with van der Waals surface area (Å²) in [7, 11) is -3.71. The van der Waals surface area contributed by atoms with Gasteiger partial charge in [-0.2, -0.15) is 16.5 Å². The molecular weight excluding hydrogens is 392 g/mol. The monoisotopic (exact) mass is 422 g/mol. The van der Waals surface area contributed by atoms with Crippen molar-refractivity contribution in [3.05, 3.63) is 53.0 Å². The van der Waals surface area contributed by atoms with Crippen molar-refractivity contribution in [3.8, 4) is 0 Å². The molecule has 0 fully saturated rings. The number of carbonyl (C=O) groups is 1. The molecular formula is C21H30N2O3S2. The number of rotatable bonds is 11. The van der Waals surface area contributed by atoms with Gasteiger partial charge in [0.1, 0.15) is 6.04 Å². The van der Waals surface area contributed by atoms with Crippen molar-refractivity contribution in [1.29, 1.82) is 0 Å². The minimum Gasteiger partial charge on any atom is -0.354 e. The van der Waals surface area contributed by atoms with Gasteiger partial charge in [-0.05, 0) is 62.2 Å². The van der Waals surface area contributed by atoms with Gasteiger partial charge in [0.2, 0.25) is 15.9 Å². The van der Waals surface area contributed by atoms with E-state index in [9.17, 15) is 13.2 Å². The summed E-state index contributed by atoms with van der Waals surface area (Å²) in [6.45, 7) is 0.544. The lowest BCUT2D eigenvalue weighted by Gasteiger charge is -2.18. The zero-order valence-corrected chi connectivity index (χ0v) is 18.0. The van der Waals surface area contributed by atoms with Gasteiger partial charge in [0.05, 0.1) is 0 Å². The van der Waals surface area contributed by atoms with Crippen LogP contribution in [0.4, 0.5) is 0 Å². The van der Waals surface area contributed by atoms with Gasteiger partial charge in [-0.3, -0.25) is 4.79 Å². The molecule has 1 atom stereocenters. The first kappa shape index (κ1) is 22.7. The molecule has 28 heavy (non-hydrogen) atoms. The molecule has 0 aromatic heterocycles. The Hall–Kier alpha value is -1.57. The van der Waals surface area contributed by atoms with Crippen LogP contribution in [-0.2, 0) is 14.8 Å². The molecule has 5 nitrogen and oxygen atoms in total. The Morgan fingerprint density at radius 3 is 2.71 bits per heavy atom. The number of nitrogens with one attached hydrogen (secondary N) is 2. The lowest BCUT2D eigenvalue weighted by molar-refractivity contribution is -0.122. The van der Waals surface area contributed by atoms with Crippen molar-refractivity contribution in [2.75, 3.05) is 18.6 Å². The van der Waals surface area contributed by atoms with Crippen LogP contribution in [0, 0.1) is 0 Å². The molecule has 2 N–H and O–H groups in total. The van der Waals surface area contributed by atoms with Crippen LogP contribution in [0.1, 0.15) is 44.1 Å². The summed E-state index contributed by atoms with van der Waals surface area (Å²) in [5, 5.41) is 4.01. The van der Waals surface area contributed by atoms with E-state index in [1.165, 1.54) is 24.5 Å². The Balaban J connectivity index is 1.92. The summed E-state index contributed by atoms with van der Waals surface area (Å²) in [5.41, 5.74) is 2.18. The second kappa shape index (κ2) is 12.1. The van der Waals surface area contributed by atoms with Crippen LogP contribution in [0.15, 0.2) is 47.4 Å². The van der Waals surface area contributed by atoms with Crippen LogP contribution < -0.4 is 10.0 Å². The number of thioether (sulfide) groups is 1. The van der Waals surface area contributed by atoms with E-state index in [0.717, 1.165) is 30.2 Å². The third-order valence-corrected chi connectivity index (χ3v) is 6.35. The molecule has 0 saturated carbocycles. The van der Waals surface area contributed by atoms with E-state index in [4.69, 9.17) is 0 Å². The maximum Gasteiger partial charge on any atom is 0.238 e. The minimum atomic E-state index is -3.71. The predicted octanol–water partition coefficient (Wildman–Crippen LogP) is 3.71. The Morgan fingerprint density at radius 1 is 1.25 bits per heavy atom. The summed E-state index contributed by atoms with van der Waals surface area (Å²) in [6, 6.07) is 8.44. The molecule has 2 rings (SSSR count). The fraction of sp³-hybridized carbons (Fsp3) is 0.476. The minimum absolute atomic E-state index is 0.262. The van der Waals surface area contributed by atoms with Gasteiger partial charge in [0.15, 0.2) is 0 Å². The summed E-state index contributed by atoms with van der Waals surface area (Å²) >= 11 is 1.59. The Bertz CT molecular complexity index is 774. The van der Waals surface area contributed by atoms with Crippen molar-refractivity contribution >= 4 is 33.8 Å². The van der Waals surface area contributed by atoms with Gasteiger partial charge in [0, 0.05) is 12.0 Å². The van der Waals surface area contributed by atoms with E-state index >= 15 is 0 Å². The Morgan fingerprint density at radius 2 is 2.04 bits per heavy atom. The van der Waals surface area contributed by atoms with Crippen molar-refractivity contribution in [3.63, 3.8) is 0 Å². The van der Waals surface area contributed by atoms with Crippen LogP contribution in [0.25, 0.3) is 6.08 Å². The van der Waals surface area contributed by atoms with E-state index in [-0.39, 0.29) is 5.91 Å². The van der Waals surface area contributed by atoms with Crippen molar-refractivity contribution < 1.29 is 13.2 Å². The molecule has 154 valence electrons. The highest BCUT2D eigenvalue weighted by Crippen LogP contribution is 2.19. The molecule has 1 unspecified atom stereocenters. The molecule has 0 aliphatic heterocycles. The molecule has 0 radical (unpaired) electrons. The van der Waals surface area contributed by atoms with Gasteiger partial charge in [-0.25, -0.2) is 8.42 Å². The zero-order valence-electron chi connectivity index (χ0n) is 16.4. The maximum atomic E-state index is 12.6. The van der Waals surface area contributed by atoms with Crippen LogP contribution >= 0.6 is 11.8 Å². The molecule has 1 amide bonds. The third kappa shape index (κ3) is 8.63. The standard InChI is InChI=1S/C21H30N2O3S2/c1-27-16-13-20(21(24)22-15-12-18-8-4-2-5-9-18)23-28(25,26)17-14-19-10-6-3-7-11-19/h3,6-8,10-11,14,17,20,23H,2,4-5,9,12-13,15-16H2,1H3,(H,22,24)/b17-14+. The highest BCUT2D eigenvalue weighted by molar-refractivity contribution is 7.98. The summed E-state index contributed by atoms with van der Waals surface area (Å²) in [6.07, 6.45) is 11.7. The second-order valence-electron chi connectivity index (χ2n) is 6.86. The van der Waals surface area contributed by atoms with E-state index in [1.807, 2.05) is 36.6 Å². The van der Waals surface area contributed by atoms with Crippen molar-refractivity contribution in [2.45, 2.75) is 44.6 Å². The highest BCUT2D eigenvalue weighted by Gasteiger charge is 2.22. The van der Waals surface area contributed by atoms with Crippen LogP contribution in [0.5, 0.6) is 0 Å². The van der Waals surface area contributed by atoms with Crippen LogP contribution in [0.3, 0.4) is 0 Å². The zero-order chi connectivity index (χ0) is 20.2. The predicted molar refractivity (Wildman–Crippen MR) is 118 cm³/mol. The van der Waals surface area contributed by atoms with Gasteiger partial charge in [-0.1, -0.05) is 42.0 Å². The highest BCUT2D eigenvalue weighted by atomic mass is 32.2. The SMILES string of the molecule is CSCCC(NS(=O)(=O)/C=C/c1ccccc1)C(=O)NCCC1=CCCCC1. The number of hydrogen-bond acceptors (Lipinski definition) is 4. The van der Waals surface area contributed by atoms with Gasteiger partial charge in [-0.15, -0.1) is 0 Å². The molecule has 1 aliphatic carbocycles. The van der Waals surface area contributed by atoms with E-state index in [1.54, 1.807) is 11.8 Å². The number of hydrogen-bond donors (Lipinski definition) is 2. The Labute approximate surface area is 173 Å². The number of allylic oxidation sites excluding steroid dienone is 1. The molecule has 0 bridgehead atoms. The van der Waals surface area contributed by atoms with Crippen LogP contribution in [0.2, 0.25) is 0 Å². The molecule has 1 aromatic carbocycles. The summed E-state index contributed by atoms with van der Waals surface area (Å²) in [4.78, 5) is 12.6. The third-order valence-electron chi connectivity index (χ3n) is 4.60. The summed E-state index contributed by atoms with van der Waals surface area (Å²) in [5.74, 6) is 0.441. The first-order chi connectivity index (χ1) is 13.5. The molecule has 0 heterocycles. The average molecular weight is 423 g/mol. The lowest BCUT2D eigenvalue weighted by Crippen LogP contribution is -2.46. The molecule has 1 aliphatic rings. The van der Waals surface area contributed by atoms with Crippen LogP contribution in [-0.4, -0.2) is 38.9 Å². The van der Waals surface area contributed by atoms with E-state index in [0.29, 0.717) is 18.7 Å². The van der Waals surface area contributed by atoms with Gasteiger partial charge in [0.25, 0.3) is 0 Å². The number of amides is 1. The quantitative estimate of drug-likeness (QED) is 0.533. The summed E-state index contributed by atoms with van der Waals surface area (Å²) < 4.78 is 27.4. The van der Waals surface area contributed by atoms with E-state index < -0.39 is 16.1 Å².